The van der Waals surface area contributed by atoms with Crippen LogP contribution < -0.4 is 9.64 Å². The number of ether oxygens (including phenoxy) is 1. The second kappa shape index (κ2) is 7.03. The van der Waals surface area contributed by atoms with Crippen molar-refractivity contribution >= 4 is 11.7 Å². The van der Waals surface area contributed by atoms with Crippen molar-refractivity contribution in [1.82, 2.24) is 14.7 Å². The number of piperazine rings is 1. The Labute approximate surface area is 160 Å². The molecule has 1 aromatic carbocycles. The van der Waals surface area contributed by atoms with Crippen molar-refractivity contribution in [3.05, 3.63) is 41.6 Å². The number of hydrogen-bond acceptors (Lipinski definition) is 4. The number of aromatic nitrogens is 2. The molecule has 1 saturated carbocycles. The first-order valence-corrected chi connectivity index (χ1v) is 9.25. The van der Waals surface area contributed by atoms with Gasteiger partial charge in [-0.3, -0.25) is 9.48 Å². The van der Waals surface area contributed by atoms with Crippen LogP contribution in [0.5, 0.6) is 5.75 Å². The van der Waals surface area contributed by atoms with Crippen molar-refractivity contribution in [3.8, 4) is 5.75 Å². The monoisotopic (exact) mass is 394 g/mol. The molecular formula is C19H21F3N4O2. The molecule has 1 saturated heterocycles. The topological polar surface area (TPSA) is 50.6 Å². The number of carbonyl (C=O) groups is 1. The number of hydrogen-bond donors (Lipinski definition) is 0. The summed E-state index contributed by atoms with van der Waals surface area (Å²) in [6.07, 6.45) is -2.48. The molecule has 1 aromatic heterocycles. The first kappa shape index (κ1) is 18.6. The van der Waals surface area contributed by atoms with E-state index in [-0.39, 0.29) is 5.56 Å². The van der Waals surface area contributed by atoms with E-state index >= 15 is 0 Å². The minimum atomic E-state index is -4.84. The number of halogens is 3. The molecule has 0 unspecified atom stereocenters. The number of rotatable bonds is 4. The number of aryl methyl sites for hydroxylation is 1. The SMILES string of the molecule is Cn1nc(C2CC2)cc1N1CCN(C(=O)c2ccccc2OC(F)(F)F)CC1. The van der Waals surface area contributed by atoms with Gasteiger partial charge in [0.05, 0.1) is 11.3 Å². The molecule has 1 aliphatic carbocycles. The molecule has 0 bridgehead atoms. The van der Waals surface area contributed by atoms with E-state index in [2.05, 4.69) is 20.8 Å². The Hall–Kier alpha value is -2.71. The normalized spacial score (nSPS) is 17.7. The fourth-order valence-electron chi connectivity index (χ4n) is 3.52. The lowest BCUT2D eigenvalue weighted by molar-refractivity contribution is -0.274. The standard InChI is InChI=1S/C19H21F3N4O2/c1-24-17(12-15(23-24)13-6-7-13)25-8-10-26(11-9-25)18(27)14-4-2-3-5-16(14)28-19(20,21)22/h2-5,12-13H,6-11H2,1H3. The zero-order chi connectivity index (χ0) is 19.9. The summed E-state index contributed by atoms with van der Waals surface area (Å²) in [5, 5.41) is 4.57. The number of anilines is 1. The first-order valence-electron chi connectivity index (χ1n) is 9.25. The van der Waals surface area contributed by atoms with Crippen molar-refractivity contribution in [2.24, 2.45) is 7.05 Å². The molecular weight excluding hydrogens is 373 g/mol. The van der Waals surface area contributed by atoms with Crippen molar-refractivity contribution < 1.29 is 22.7 Å². The lowest BCUT2D eigenvalue weighted by Gasteiger charge is -2.36. The largest absolute Gasteiger partial charge is 0.573 e. The number of para-hydroxylation sites is 1. The Morgan fingerprint density at radius 3 is 2.46 bits per heavy atom. The maximum Gasteiger partial charge on any atom is 0.573 e. The highest BCUT2D eigenvalue weighted by Gasteiger charge is 2.34. The van der Waals surface area contributed by atoms with Crippen LogP contribution in [-0.2, 0) is 7.05 Å². The van der Waals surface area contributed by atoms with Crippen LogP contribution >= 0.6 is 0 Å². The lowest BCUT2D eigenvalue weighted by atomic mass is 10.1. The zero-order valence-corrected chi connectivity index (χ0v) is 15.4. The molecule has 0 N–H and O–H groups in total. The Bertz CT molecular complexity index is 868. The van der Waals surface area contributed by atoms with Gasteiger partial charge in [-0.1, -0.05) is 12.1 Å². The number of alkyl halides is 3. The van der Waals surface area contributed by atoms with Gasteiger partial charge in [-0.25, -0.2) is 0 Å². The Morgan fingerprint density at radius 1 is 1.14 bits per heavy atom. The summed E-state index contributed by atoms with van der Waals surface area (Å²) in [6.45, 7) is 2.03. The molecule has 2 fully saturated rings. The predicted molar refractivity (Wildman–Crippen MR) is 96.4 cm³/mol. The average molecular weight is 394 g/mol. The highest BCUT2D eigenvalue weighted by atomic mass is 19.4. The van der Waals surface area contributed by atoms with Gasteiger partial charge in [0.15, 0.2) is 0 Å². The van der Waals surface area contributed by atoms with Crippen molar-refractivity contribution in [1.29, 1.82) is 0 Å². The van der Waals surface area contributed by atoms with E-state index < -0.39 is 18.0 Å². The molecule has 1 amide bonds. The molecule has 1 aliphatic heterocycles. The molecule has 28 heavy (non-hydrogen) atoms. The van der Waals surface area contributed by atoms with Gasteiger partial charge in [-0.05, 0) is 25.0 Å². The minimum Gasteiger partial charge on any atom is -0.405 e. The van der Waals surface area contributed by atoms with Crippen LogP contribution in [0.1, 0.15) is 34.8 Å². The highest BCUT2D eigenvalue weighted by Crippen LogP contribution is 2.40. The third kappa shape index (κ3) is 3.93. The van der Waals surface area contributed by atoms with Gasteiger partial charge in [-0.2, -0.15) is 5.10 Å². The Kier molecular flexibility index (Phi) is 4.68. The molecule has 150 valence electrons. The summed E-state index contributed by atoms with van der Waals surface area (Å²) < 4.78 is 43.7. The van der Waals surface area contributed by atoms with Crippen molar-refractivity contribution in [2.75, 3.05) is 31.1 Å². The predicted octanol–water partition coefficient (Wildman–Crippen LogP) is 3.16. The van der Waals surface area contributed by atoms with Crippen LogP contribution in [0.4, 0.5) is 19.0 Å². The number of nitrogens with zero attached hydrogens (tertiary/aromatic N) is 4. The van der Waals surface area contributed by atoms with E-state index in [4.69, 9.17) is 0 Å². The van der Waals surface area contributed by atoms with Crippen LogP contribution in [0.2, 0.25) is 0 Å². The summed E-state index contributed by atoms with van der Waals surface area (Å²) in [7, 11) is 1.91. The van der Waals surface area contributed by atoms with Gasteiger partial charge in [0.25, 0.3) is 5.91 Å². The second-order valence-corrected chi connectivity index (χ2v) is 7.15. The van der Waals surface area contributed by atoms with E-state index in [1.165, 1.54) is 31.0 Å². The van der Waals surface area contributed by atoms with Crippen LogP contribution in [-0.4, -0.2) is 53.1 Å². The molecule has 2 aliphatic rings. The van der Waals surface area contributed by atoms with E-state index in [1.54, 1.807) is 4.90 Å². The van der Waals surface area contributed by atoms with Crippen LogP contribution in [0.3, 0.4) is 0 Å². The van der Waals surface area contributed by atoms with Gasteiger partial charge in [-0.15, -0.1) is 13.2 Å². The van der Waals surface area contributed by atoms with Gasteiger partial charge in [0.1, 0.15) is 11.6 Å². The molecule has 4 rings (SSSR count). The van der Waals surface area contributed by atoms with Crippen LogP contribution in [0, 0.1) is 0 Å². The summed E-state index contributed by atoms with van der Waals surface area (Å²) in [4.78, 5) is 16.5. The zero-order valence-electron chi connectivity index (χ0n) is 15.4. The average Bonchev–Trinajstić information content (AvgIpc) is 3.43. The number of benzene rings is 1. The highest BCUT2D eigenvalue weighted by molar-refractivity contribution is 5.97. The van der Waals surface area contributed by atoms with Gasteiger partial charge in [0, 0.05) is 45.2 Å². The summed E-state index contributed by atoms with van der Waals surface area (Å²) >= 11 is 0. The fraction of sp³-hybridized carbons (Fsp3) is 0.474. The summed E-state index contributed by atoms with van der Waals surface area (Å²) in [5.41, 5.74) is 1.03. The third-order valence-electron chi connectivity index (χ3n) is 5.10. The van der Waals surface area contributed by atoms with E-state index in [0.717, 1.165) is 17.6 Å². The Morgan fingerprint density at radius 2 is 1.82 bits per heavy atom. The maximum absolute atomic E-state index is 12.8. The van der Waals surface area contributed by atoms with Gasteiger partial charge < -0.3 is 14.5 Å². The smallest absolute Gasteiger partial charge is 0.405 e. The molecule has 0 atom stereocenters. The molecule has 9 heteroatoms. The molecule has 2 heterocycles. The van der Waals surface area contributed by atoms with Gasteiger partial charge >= 0.3 is 6.36 Å². The van der Waals surface area contributed by atoms with E-state index in [1.807, 2.05) is 11.7 Å². The summed E-state index contributed by atoms with van der Waals surface area (Å²) in [6, 6.07) is 7.56. The Balaban J connectivity index is 1.43. The molecule has 6 nitrogen and oxygen atoms in total. The quantitative estimate of drug-likeness (QED) is 0.800. The summed E-state index contributed by atoms with van der Waals surface area (Å²) in [5.74, 6) is 0.647. The molecule has 2 aromatic rings. The number of carbonyl (C=O) groups excluding carboxylic acids is 1. The van der Waals surface area contributed by atoms with Crippen molar-refractivity contribution in [3.63, 3.8) is 0 Å². The third-order valence-corrected chi connectivity index (χ3v) is 5.10. The van der Waals surface area contributed by atoms with E-state index in [0.29, 0.717) is 32.1 Å². The fourth-order valence-corrected chi connectivity index (χ4v) is 3.52. The first-order chi connectivity index (χ1) is 13.3. The van der Waals surface area contributed by atoms with E-state index in [9.17, 15) is 18.0 Å². The minimum absolute atomic E-state index is 0.0789. The van der Waals surface area contributed by atoms with Crippen molar-refractivity contribution in [2.45, 2.75) is 25.1 Å². The van der Waals surface area contributed by atoms with Gasteiger partial charge in [0.2, 0.25) is 0 Å². The van der Waals surface area contributed by atoms with Crippen LogP contribution in [0.15, 0.2) is 30.3 Å². The molecule has 0 radical (unpaired) electrons. The van der Waals surface area contributed by atoms with Crippen LogP contribution in [0.25, 0.3) is 0 Å². The number of amides is 1. The maximum atomic E-state index is 12.8. The second-order valence-electron chi connectivity index (χ2n) is 7.15. The lowest BCUT2D eigenvalue weighted by Crippen LogP contribution is -2.49. The molecule has 0 spiro atoms.